The largest absolute Gasteiger partial charge is 0.264 e. The second kappa shape index (κ2) is 3.04. The van der Waals surface area contributed by atoms with Gasteiger partial charge in [0.25, 0.3) is 0 Å². The van der Waals surface area contributed by atoms with Crippen LogP contribution in [0.25, 0.3) is 5.03 Å². The van der Waals surface area contributed by atoms with Crippen molar-refractivity contribution in [2.75, 3.05) is 0 Å². The minimum atomic E-state index is 0.415. The lowest BCUT2D eigenvalue weighted by Gasteiger charge is -1.97. The number of nitrogens with zero attached hydrogens (tertiary/aromatic N) is 1. The second-order valence-corrected chi connectivity index (χ2v) is 2.62. The highest BCUT2D eigenvalue weighted by atomic mass is 35.5. The molecule has 0 aliphatic heterocycles. The molecule has 0 N–H and O–H groups in total. The van der Waals surface area contributed by atoms with E-state index in [0.717, 1.165) is 0 Å². The first-order valence-corrected chi connectivity index (χ1v) is 3.41. The molecule has 1 aromatic heterocycles. The Balaban J connectivity index is 3.15. The summed E-state index contributed by atoms with van der Waals surface area (Å²) in [4.78, 5) is 3.84. The summed E-state index contributed by atoms with van der Waals surface area (Å²) in [6.45, 7) is 3.53. The van der Waals surface area contributed by atoms with Gasteiger partial charge in [-0.15, -0.1) is 0 Å². The number of rotatable bonds is 1. The van der Waals surface area contributed by atoms with Crippen LogP contribution >= 0.6 is 23.2 Å². The summed E-state index contributed by atoms with van der Waals surface area (Å²) in [5.74, 6) is 0. The maximum absolute atomic E-state index is 5.73. The number of pyridine rings is 1. The van der Waals surface area contributed by atoms with Gasteiger partial charge in [-0.2, -0.15) is 0 Å². The molecule has 52 valence electrons. The lowest BCUT2D eigenvalue weighted by Crippen LogP contribution is -1.79. The number of halogens is 2. The Hall–Kier alpha value is -0.530. The van der Waals surface area contributed by atoms with Crippen molar-refractivity contribution in [3.05, 3.63) is 35.6 Å². The van der Waals surface area contributed by atoms with Crippen LogP contribution in [0.15, 0.2) is 25.0 Å². The van der Waals surface area contributed by atoms with Crippen LogP contribution in [0.2, 0.25) is 5.02 Å². The normalized spacial score (nSPS) is 9.40. The van der Waals surface area contributed by atoms with E-state index in [1.54, 1.807) is 18.5 Å². The standard InChI is InChI=1S/C7H5Cl2N/c1-5(8)6-4-10-3-2-7(6)9/h2-4H,1H2. The molecule has 0 aliphatic rings. The van der Waals surface area contributed by atoms with E-state index < -0.39 is 0 Å². The molecule has 0 saturated carbocycles. The summed E-state index contributed by atoms with van der Waals surface area (Å²) in [6.07, 6.45) is 3.18. The topological polar surface area (TPSA) is 12.9 Å². The predicted octanol–water partition coefficient (Wildman–Crippen LogP) is 2.94. The highest BCUT2D eigenvalue weighted by Crippen LogP contribution is 2.23. The van der Waals surface area contributed by atoms with Crippen molar-refractivity contribution >= 4 is 28.2 Å². The predicted molar refractivity (Wildman–Crippen MR) is 44.1 cm³/mol. The fourth-order valence-corrected chi connectivity index (χ4v) is 0.995. The molecule has 10 heavy (non-hydrogen) atoms. The van der Waals surface area contributed by atoms with Gasteiger partial charge in [-0.3, -0.25) is 4.98 Å². The fourth-order valence-electron chi connectivity index (χ4n) is 0.577. The van der Waals surface area contributed by atoms with Crippen molar-refractivity contribution in [2.45, 2.75) is 0 Å². The molecular formula is C7H5Cl2N. The van der Waals surface area contributed by atoms with E-state index in [-0.39, 0.29) is 0 Å². The first-order chi connectivity index (χ1) is 4.72. The summed E-state index contributed by atoms with van der Waals surface area (Å²) < 4.78 is 0. The van der Waals surface area contributed by atoms with Crippen molar-refractivity contribution in [1.29, 1.82) is 0 Å². The Morgan fingerprint density at radius 2 is 2.30 bits per heavy atom. The molecule has 0 fully saturated rings. The molecule has 0 aromatic carbocycles. The summed E-state index contributed by atoms with van der Waals surface area (Å²) >= 11 is 11.3. The molecule has 0 bridgehead atoms. The van der Waals surface area contributed by atoms with Crippen LogP contribution < -0.4 is 0 Å². The van der Waals surface area contributed by atoms with E-state index in [2.05, 4.69) is 11.6 Å². The smallest absolute Gasteiger partial charge is 0.0523 e. The molecule has 1 heterocycles. The lowest BCUT2D eigenvalue weighted by molar-refractivity contribution is 1.32. The number of hydrogen-bond acceptors (Lipinski definition) is 1. The van der Waals surface area contributed by atoms with Crippen LogP contribution in [0, 0.1) is 0 Å². The summed E-state index contributed by atoms with van der Waals surface area (Å²) in [6, 6.07) is 1.67. The second-order valence-electron chi connectivity index (χ2n) is 1.76. The Labute approximate surface area is 69.3 Å². The molecular weight excluding hydrogens is 169 g/mol. The van der Waals surface area contributed by atoms with Gasteiger partial charge in [0, 0.05) is 23.0 Å². The Morgan fingerprint density at radius 1 is 1.60 bits per heavy atom. The molecule has 1 nitrogen and oxygen atoms in total. The fraction of sp³-hybridized carbons (Fsp3) is 0. The third kappa shape index (κ3) is 1.49. The summed E-state index contributed by atoms with van der Waals surface area (Å²) in [5, 5.41) is 0.994. The first-order valence-electron chi connectivity index (χ1n) is 2.66. The molecule has 0 atom stereocenters. The zero-order chi connectivity index (χ0) is 7.56. The van der Waals surface area contributed by atoms with Gasteiger partial charge in [0.1, 0.15) is 0 Å². The van der Waals surface area contributed by atoms with Crippen molar-refractivity contribution in [1.82, 2.24) is 4.98 Å². The van der Waals surface area contributed by atoms with Gasteiger partial charge >= 0.3 is 0 Å². The van der Waals surface area contributed by atoms with Gasteiger partial charge < -0.3 is 0 Å². The monoisotopic (exact) mass is 173 g/mol. The Bertz CT molecular complexity index is 258. The third-order valence-electron chi connectivity index (χ3n) is 1.06. The van der Waals surface area contributed by atoms with E-state index in [9.17, 15) is 0 Å². The van der Waals surface area contributed by atoms with Gasteiger partial charge in [-0.05, 0) is 6.07 Å². The molecule has 0 unspecified atom stereocenters. The van der Waals surface area contributed by atoms with Crippen LogP contribution in [-0.2, 0) is 0 Å². The Morgan fingerprint density at radius 3 is 2.70 bits per heavy atom. The van der Waals surface area contributed by atoms with E-state index in [1.807, 2.05) is 0 Å². The van der Waals surface area contributed by atoms with Crippen LogP contribution in [0.5, 0.6) is 0 Å². The zero-order valence-electron chi connectivity index (χ0n) is 5.14. The molecule has 0 aliphatic carbocycles. The highest BCUT2D eigenvalue weighted by Gasteiger charge is 1.99. The van der Waals surface area contributed by atoms with Crippen molar-refractivity contribution < 1.29 is 0 Å². The van der Waals surface area contributed by atoms with E-state index >= 15 is 0 Å². The van der Waals surface area contributed by atoms with E-state index in [1.165, 1.54) is 0 Å². The maximum atomic E-state index is 5.73. The molecule has 0 saturated heterocycles. The molecule has 1 rings (SSSR count). The zero-order valence-corrected chi connectivity index (χ0v) is 6.65. The van der Waals surface area contributed by atoms with Crippen molar-refractivity contribution in [3.8, 4) is 0 Å². The maximum Gasteiger partial charge on any atom is 0.0523 e. The molecule has 0 spiro atoms. The van der Waals surface area contributed by atoms with Crippen molar-refractivity contribution in [3.63, 3.8) is 0 Å². The minimum absolute atomic E-state index is 0.415. The average molecular weight is 174 g/mol. The molecule has 0 radical (unpaired) electrons. The minimum Gasteiger partial charge on any atom is -0.264 e. The molecule has 3 heteroatoms. The average Bonchev–Trinajstić information content (AvgIpc) is 1.88. The van der Waals surface area contributed by atoms with E-state index in [4.69, 9.17) is 23.2 Å². The van der Waals surface area contributed by atoms with Crippen LogP contribution in [0.3, 0.4) is 0 Å². The molecule has 1 aromatic rings. The van der Waals surface area contributed by atoms with Gasteiger partial charge in [0.2, 0.25) is 0 Å². The van der Waals surface area contributed by atoms with Gasteiger partial charge in [0.05, 0.1) is 5.02 Å². The van der Waals surface area contributed by atoms with Crippen LogP contribution in [0.1, 0.15) is 5.56 Å². The summed E-state index contributed by atoms with van der Waals surface area (Å²) in [5.41, 5.74) is 0.686. The van der Waals surface area contributed by atoms with E-state index in [0.29, 0.717) is 15.6 Å². The Kier molecular flexibility index (Phi) is 2.30. The van der Waals surface area contributed by atoms with Crippen LogP contribution in [0.4, 0.5) is 0 Å². The van der Waals surface area contributed by atoms with Crippen molar-refractivity contribution in [2.24, 2.45) is 0 Å². The van der Waals surface area contributed by atoms with Crippen LogP contribution in [-0.4, -0.2) is 4.98 Å². The quantitative estimate of drug-likeness (QED) is 0.637. The van der Waals surface area contributed by atoms with Gasteiger partial charge in [0.15, 0.2) is 0 Å². The summed E-state index contributed by atoms with van der Waals surface area (Å²) in [7, 11) is 0. The number of aromatic nitrogens is 1. The van der Waals surface area contributed by atoms with Gasteiger partial charge in [-0.25, -0.2) is 0 Å². The lowest BCUT2D eigenvalue weighted by atomic mass is 10.3. The third-order valence-corrected chi connectivity index (χ3v) is 1.59. The SMILES string of the molecule is C=C(Cl)c1cnccc1Cl. The number of hydrogen-bond donors (Lipinski definition) is 0. The molecule has 0 amide bonds. The first kappa shape index (κ1) is 7.58. The van der Waals surface area contributed by atoms with Gasteiger partial charge in [-0.1, -0.05) is 29.8 Å². The highest BCUT2D eigenvalue weighted by molar-refractivity contribution is 6.50.